The van der Waals surface area contributed by atoms with Crippen LogP contribution in [0.5, 0.6) is 5.75 Å². The standard InChI is InChI=1S/C14H18N2O3/c1-10-4-3-5-12(8-10)19-7-6-16-9-13(17)15-11(2)14(16)18/h3-5,8,11H,6-7,9H2,1-2H3,(H,15,17). The lowest BCUT2D eigenvalue weighted by Crippen LogP contribution is -2.57. The summed E-state index contributed by atoms with van der Waals surface area (Å²) >= 11 is 0. The van der Waals surface area contributed by atoms with Crippen molar-refractivity contribution >= 4 is 11.8 Å². The number of amides is 2. The SMILES string of the molecule is Cc1cccc(OCCN2CC(=O)NC(C)C2=O)c1. The lowest BCUT2D eigenvalue weighted by Gasteiger charge is -2.30. The average Bonchev–Trinajstić information content (AvgIpc) is 2.35. The molecule has 0 bridgehead atoms. The van der Waals surface area contributed by atoms with Crippen LogP contribution in [0.25, 0.3) is 0 Å². The van der Waals surface area contributed by atoms with E-state index >= 15 is 0 Å². The summed E-state index contributed by atoms with van der Waals surface area (Å²) in [6, 6.07) is 7.28. The lowest BCUT2D eigenvalue weighted by atomic mass is 10.2. The summed E-state index contributed by atoms with van der Waals surface area (Å²) in [6.07, 6.45) is 0. The van der Waals surface area contributed by atoms with Gasteiger partial charge in [-0.05, 0) is 31.5 Å². The highest BCUT2D eigenvalue weighted by molar-refractivity contribution is 5.94. The lowest BCUT2D eigenvalue weighted by molar-refractivity contribution is -0.144. The molecular weight excluding hydrogens is 244 g/mol. The Labute approximate surface area is 112 Å². The first kappa shape index (κ1) is 13.4. The Morgan fingerprint density at radius 1 is 1.42 bits per heavy atom. The molecule has 0 aromatic heterocycles. The number of rotatable bonds is 4. The van der Waals surface area contributed by atoms with Gasteiger partial charge in [-0.2, -0.15) is 0 Å². The summed E-state index contributed by atoms with van der Waals surface area (Å²) in [6.45, 7) is 4.60. The molecule has 1 fully saturated rings. The van der Waals surface area contributed by atoms with E-state index in [-0.39, 0.29) is 18.4 Å². The number of hydrogen-bond acceptors (Lipinski definition) is 3. The van der Waals surface area contributed by atoms with Crippen LogP contribution in [0, 0.1) is 6.92 Å². The Hall–Kier alpha value is -2.04. The summed E-state index contributed by atoms with van der Waals surface area (Å²) in [7, 11) is 0. The van der Waals surface area contributed by atoms with Gasteiger partial charge >= 0.3 is 0 Å². The van der Waals surface area contributed by atoms with Crippen molar-refractivity contribution in [1.29, 1.82) is 0 Å². The number of ether oxygens (including phenoxy) is 1. The molecule has 1 saturated heterocycles. The van der Waals surface area contributed by atoms with Gasteiger partial charge in [0.15, 0.2) is 0 Å². The van der Waals surface area contributed by atoms with Crippen molar-refractivity contribution in [1.82, 2.24) is 10.2 Å². The fourth-order valence-corrected chi connectivity index (χ4v) is 2.04. The van der Waals surface area contributed by atoms with Crippen molar-refractivity contribution in [3.8, 4) is 5.75 Å². The largest absolute Gasteiger partial charge is 0.492 e. The molecule has 0 radical (unpaired) electrons. The number of aryl methyl sites for hydroxylation is 1. The van der Waals surface area contributed by atoms with Crippen molar-refractivity contribution in [2.24, 2.45) is 0 Å². The van der Waals surface area contributed by atoms with Crippen LogP contribution in [0.15, 0.2) is 24.3 Å². The Morgan fingerprint density at radius 2 is 2.21 bits per heavy atom. The molecular formula is C14H18N2O3. The molecule has 1 aliphatic rings. The minimum atomic E-state index is -0.444. The van der Waals surface area contributed by atoms with Crippen molar-refractivity contribution in [3.63, 3.8) is 0 Å². The topological polar surface area (TPSA) is 58.6 Å². The molecule has 1 N–H and O–H groups in total. The van der Waals surface area contributed by atoms with Crippen molar-refractivity contribution in [2.75, 3.05) is 19.7 Å². The molecule has 0 spiro atoms. The number of carbonyl (C=O) groups is 2. The minimum absolute atomic E-state index is 0.0626. The second kappa shape index (κ2) is 5.73. The molecule has 0 saturated carbocycles. The summed E-state index contributed by atoms with van der Waals surface area (Å²) < 4.78 is 5.58. The first-order valence-electron chi connectivity index (χ1n) is 6.34. The van der Waals surface area contributed by atoms with Gasteiger partial charge in [0.1, 0.15) is 18.4 Å². The molecule has 1 aromatic carbocycles. The normalized spacial score (nSPS) is 19.3. The predicted molar refractivity (Wildman–Crippen MR) is 70.9 cm³/mol. The van der Waals surface area contributed by atoms with Crippen LogP contribution in [0.2, 0.25) is 0 Å². The van der Waals surface area contributed by atoms with Crippen molar-refractivity contribution in [2.45, 2.75) is 19.9 Å². The highest BCUT2D eigenvalue weighted by atomic mass is 16.5. The third-order valence-electron chi connectivity index (χ3n) is 3.01. The molecule has 1 aliphatic heterocycles. The summed E-state index contributed by atoms with van der Waals surface area (Å²) in [4.78, 5) is 24.7. The van der Waals surface area contributed by atoms with Gasteiger partial charge in [-0.1, -0.05) is 12.1 Å². The highest BCUT2D eigenvalue weighted by Crippen LogP contribution is 2.12. The van der Waals surface area contributed by atoms with E-state index in [1.54, 1.807) is 6.92 Å². The summed E-state index contributed by atoms with van der Waals surface area (Å²) in [5.74, 6) is 0.594. The van der Waals surface area contributed by atoms with E-state index in [1.165, 1.54) is 4.90 Å². The van der Waals surface area contributed by atoms with E-state index < -0.39 is 6.04 Å². The molecule has 1 atom stereocenters. The Kier molecular flexibility index (Phi) is 4.04. The van der Waals surface area contributed by atoms with Gasteiger partial charge in [0.05, 0.1) is 13.1 Å². The molecule has 19 heavy (non-hydrogen) atoms. The molecule has 5 heteroatoms. The summed E-state index contributed by atoms with van der Waals surface area (Å²) in [5, 5.41) is 2.60. The Morgan fingerprint density at radius 3 is 2.95 bits per heavy atom. The third kappa shape index (κ3) is 3.47. The van der Waals surface area contributed by atoms with Crippen LogP contribution in [-0.2, 0) is 9.59 Å². The van der Waals surface area contributed by atoms with Crippen LogP contribution in [0.4, 0.5) is 0 Å². The molecule has 5 nitrogen and oxygen atoms in total. The highest BCUT2D eigenvalue weighted by Gasteiger charge is 2.28. The molecule has 102 valence electrons. The minimum Gasteiger partial charge on any atom is -0.492 e. The second-order valence-electron chi connectivity index (χ2n) is 4.71. The number of nitrogens with zero attached hydrogens (tertiary/aromatic N) is 1. The quantitative estimate of drug-likeness (QED) is 0.870. The zero-order chi connectivity index (χ0) is 13.8. The molecule has 2 amide bonds. The van der Waals surface area contributed by atoms with Gasteiger partial charge in [-0.25, -0.2) is 0 Å². The number of piperazine rings is 1. The Balaban J connectivity index is 1.85. The van der Waals surface area contributed by atoms with Gasteiger partial charge in [-0.15, -0.1) is 0 Å². The van der Waals surface area contributed by atoms with Gasteiger partial charge in [0.25, 0.3) is 0 Å². The average molecular weight is 262 g/mol. The van der Waals surface area contributed by atoms with E-state index in [1.807, 2.05) is 31.2 Å². The van der Waals surface area contributed by atoms with E-state index in [4.69, 9.17) is 4.74 Å². The van der Waals surface area contributed by atoms with Crippen LogP contribution in [-0.4, -0.2) is 42.5 Å². The summed E-state index contributed by atoms with van der Waals surface area (Å²) in [5.41, 5.74) is 1.12. The van der Waals surface area contributed by atoms with Crippen molar-refractivity contribution < 1.29 is 14.3 Å². The smallest absolute Gasteiger partial charge is 0.245 e. The second-order valence-corrected chi connectivity index (χ2v) is 4.71. The van der Waals surface area contributed by atoms with Crippen molar-refractivity contribution in [3.05, 3.63) is 29.8 Å². The van der Waals surface area contributed by atoms with Gasteiger partial charge < -0.3 is 15.0 Å². The molecule has 1 unspecified atom stereocenters. The monoisotopic (exact) mass is 262 g/mol. The number of carbonyl (C=O) groups excluding carboxylic acids is 2. The maximum Gasteiger partial charge on any atom is 0.245 e. The van der Waals surface area contributed by atoms with E-state index in [2.05, 4.69) is 5.32 Å². The van der Waals surface area contributed by atoms with Crippen LogP contribution in [0.1, 0.15) is 12.5 Å². The zero-order valence-corrected chi connectivity index (χ0v) is 11.2. The fourth-order valence-electron chi connectivity index (χ4n) is 2.04. The number of nitrogens with one attached hydrogen (secondary N) is 1. The first-order chi connectivity index (χ1) is 9.06. The van der Waals surface area contributed by atoms with Crippen LogP contribution < -0.4 is 10.1 Å². The zero-order valence-electron chi connectivity index (χ0n) is 11.2. The van der Waals surface area contributed by atoms with Crippen LogP contribution >= 0.6 is 0 Å². The van der Waals surface area contributed by atoms with Gasteiger partial charge in [0, 0.05) is 0 Å². The number of hydrogen-bond donors (Lipinski definition) is 1. The Bertz CT molecular complexity index is 487. The van der Waals surface area contributed by atoms with E-state index in [0.29, 0.717) is 13.2 Å². The van der Waals surface area contributed by atoms with Gasteiger partial charge in [-0.3, -0.25) is 9.59 Å². The first-order valence-corrected chi connectivity index (χ1v) is 6.34. The van der Waals surface area contributed by atoms with Gasteiger partial charge in [0.2, 0.25) is 11.8 Å². The fraction of sp³-hybridized carbons (Fsp3) is 0.429. The number of benzene rings is 1. The molecule has 2 rings (SSSR count). The van der Waals surface area contributed by atoms with E-state index in [9.17, 15) is 9.59 Å². The predicted octanol–water partition coefficient (Wildman–Crippen LogP) is 0.721. The molecule has 1 aromatic rings. The third-order valence-corrected chi connectivity index (χ3v) is 3.01. The van der Waals surface area contributed by atoms with E-state index in [0.717, 1.165) is 11.3 Å². The molecule has 1 heterocycles. The van der Waals surface area contributed by atoms with Crippen LogP contribution in [0.3, 0.4) is 0 Å². The maximum atomic E-state index is 11.8. The molecule has 0 aliphatic carbocycles. The maximum absolute atomic E-state index is 11.8.